The third-order valence-electron chi connectivity index (χ3n) is 5.11. The van der Waals surface area contributed by atoms with Gasteiger partial charge in [0.1, 0.15) is 0 Å². The second-order valence-corrected chi connectivity index (χ2v) is 8.98. The molecule has 1 N–H and O–H groups in total. The Morgan fingerprint density at radius 3 is 2.09 bits per heavy atom. The van der Waals surface area contributed by atoms with Gasteiger partial charge in [-0.3, -0.25) is 9.59 Å². The second-order valence-electron chi connectivity index (χ2n) is 7.03. The number of fused-ring (bicyclic) bond motifs is 1. The van der Waals surface area contributed by atoms with Crippen molar-refractivity contribution in [3.63, 3.8) is 0 Å². The Bertz CT molecular complexity index is 1440. The molecule has 33 heavy (non-hydrogen) atoms. The number of carbonyl (C=O) groups excluding carboxylic acids is 3. The molecule has 2 amide bonds. The molecule has 0 radical (unpaired) electrons. The van der Waals surface area contributed by atoms with Crippen LogP contribution >= 0.6 is 0 Å². The summed E-state index contributed by atoms with van der Waals surface area (Å²) < 4.78 is 30.7. The van der Waals surface area contributed by atoms with Crippen LogP contribution in [0.1, 0.15) is 41.4 Å². The number of carbonyl (C=O) groups is 4. The molecule has 0 fully saturated rings. The quantitative estimate of drug-likeness (QED) is 0.449. The summed E-state index contributed by atoms with van der Waals surface area (Å²) in [5.74, 6) is -3.24. The number of carboxylic acids is 1. The minimum atomic E-state index is -4.08. The third-order valence-corrected chi connectivity index (χ3v) is 6.87. The van der Waals surface area contributed by atoms with E-state index < -0.39 is 33.6 Å². The zero-order valence-corrected chi connectivity index (χ0v) is 17.8. The molecule has 1 aliphatic heterocycles. The number of anilines is 1. The van der Waals surface area contributed by atoms with Gasteiger partial charge in [-0.2, -0.15) is 0 Å². The number of nitrogens with zero attached hydrogens (tertiary/aromatic N) is 1. The lowest BCUT2D eigenvalue weighted by molar-refractivity contribution is 0.0599. The zero-order valence-electron chi connectivity index (χ0n) is 17.0. The van der Waals surface area contributed by atoms with Gasteiger partial charge >= 0.3 is 11.9 Å². The van der Waals surface area contributed by atoms with Crippen molar-refractivity contribution in [1.82, 2.24) is 0 Å². The summed E-state index contributed by atoms with van der Waals surface area (Å²) in [4.78, 5) is 49.2. The monoisotopic (exact) mass is 465 g/mol. The molecule has 166 valence electrons. The molecule has 9 nitrogen and oxygen atoms in total. The van der Waals surface area contributed by atoms with Crippen LogP contribution in [0.3, 0.4) is 0 Å². The van der Waals surface area contributed by atoms with Crippen molar-refractivity contribution in [2.24, 2.45) is 0 Å². The van der Waals surface area contributed by atoms with Crippen LogP contribution in [-0.4, -0.2) is 44.4 Å². The Morgan fingerprint density at radius 1 is 0.818 bits per heavy atom. The molecule has 0 saturated carbocycles. The maximum absolute atomic E-state index is 13.0. The number of hydrogen-bond donors (Lipinski definition) is 1. The summed E-state index contributed by atoms with van der Waals surface area (Å²) in [6, 6.07) is 13.9. The lowest BCUT2D eigenvalue weighted by Crippen LogP contribution is -2.29. The minimum Gasteiger partial charge on any atom is -0.478 e. The van der Waals surface area contributed by atoms with Crippen molar-refractivity contribution in [3.8, 4) is 0 Å². The van der Waals surface area contributed by atoms with E-state index in [9.17, 15) is 27.6 Å². The summed E-state index contributed by atoms with van der Waals surface area (Å²) >= 11 is 0. The van der Waals surface area contributed by atoms with E-state index in [1.54, 1.807) is 0 Å². The lowest BCUT2D eigenvalue weighted by atomic mass is 10.1. The topological polar surface area (TPSA) is 135 Å². The van der Waals surface area contributed by atoms with Crippen molar-refractivity contribution in [3.05, 3.63) is 89.0 Å². The van der Waals surface area contributed by atoms with Gasteiger partial charge in [0.25, 0.3) is 11.8 Å². The first-order valence-electron chi connectivity index (χ1n) is 9.45. The summed E-state index contributed by atoms with van der Waals surface area (Å²) in [6.45, 7) is 0. The smallest absolute Gasteiger partial charge is 0.337 e. The molecule has 0 aliphatic carbocycles. The maximum atomic E-state index is 13.0. The number of benzene rings is 3. The average molecular weight is 465 g/mol. The minimum absolute atomic E-state index is 0.0173. The predicted molar refractivity (Wildman–Crippen MR) is 114 cm³/mol. The highest BCUT2D eigenvalue weighted by molar-refractivity contribution is 7.91. The number of esters is 1. The van der Waals surface area contributed by atoms with E-state index in [4.69, 9.17) is 5.11 Å². The first kappa shape index (κ1) is 21.9. The number of sulfone groups is 1. The Hall–Kier alpha value is -4.31. The Balaban J connectivity index is 1.72. The van der Waals surface area contributed by atoms with Gasteiger partial charge < -0.3 is 9.84 Å². The fourth-order valence-electron chi connectivity index (χ4n) is 3.42. The fourth-order valence-corrected chi connectivity index (χ4v) is 4.71. The van der Waals surface area contributed by atoms with Gasteiger partial charge in [-0.15, -0.1) is 0 Å². The van der Waals surface area contributed by atoms with E-state index in [2.05, 4.69) is 4.74 Å². The number of carboxylic acid groups (broad SMARTS) is 1. The fraction of sp³-hybridized carbons (Fsp3) is 0.0435. The summed E-state index contributed by atoms with van der Waals surface area (Å²) in [5, 5.41) is 8.99. The third kappa shape index (κ3) is 3.66. The normalized spacial score (nSPS) is 13.1. The Morgan fingerprint density at radius 2 is 1.45 bits per heavy atom. The Kier molecular flexibility index (Phi) is 5.30. The molecule has 3 aromatic carbocycles. The SMILES string of the molecule is COC(=O)c1cccc(N2C(=O)c3ccc(S(=O)(=O)c4ccc(C(=O)O)cc4)cc3C2=O)c1. The lowest BCUT2D eigenvalue weighted by Gasteiger charge is -2.14. The maximum Gasteiger partial charge on any atom is 0.337 e. The van der Waals surface area contributed by atoms with Crippen LogP contribution in [0.2, 0.25) is 0 Å². The van der Waals surface area contributed by atoms with Gasteiger partial charge in [0.15, 0.2) is 0 Å². The highest BCUT2D eigenvalue weighted by atomic mass is 32.2. The predicted octanol–water partition coefficient (Wildman–Crippen LogP) is 2.80. The van der Waals surface area contributed by atoms with E-state index in [1.807, 2.05) is 0 Å². The first-order valence-corrected chi connectivity index (χ1v) is 10.9. The molecule has 10 heteroatoms. The van der Waals surface area contributed by atoms with Crippen molar-refractivity contribution in [2.45, 2.75) is 9.79 Å². The van der Waals surface area contributed by atoms with Crippen LogP contribution in [0.4, 0.5) is 5.69 Å². The van der Waals surface area contributed by atoms with Gasteiger partial charge in [0, 0.05) is 0 Å². The number of ether oxygens (including phenoxy) is 1. The molecular formula is C23H15NO8S. The summed E-state index contributed by atoms with van der Waals surface area (Å²) in [7, 11) is -2.88. The number of methoxy groups -OCH3 is 1. The van der Waals surface area contributed by atoms with Crippen molar-refractivity contribution >= 4 is 39.3 Å². The molecule has 1 aliphatic rings. The largest absolute Gasteiger partial charge is 0.478 e. The second kappa shape index (κ2) is 7.99. The van der Waals surface area contributed by atoms with Crippen LogP contribution in [-0.2, 0) is 14.6 Å². The van der Waals surface area contributed by atoms with Crippen molar-refractivity contribution < 1.29 is 37.4 Å². The van der Waals surface area contributed by atoms with Crippen molar-refractivity contribution in [1.29, 1.82) is 0 Å². The highest BCUT2D eigenvalue weighted by Crippen LogP contribution is 2.32. The van der Waals surface area contributed by atoms with E-state index in [0.717, 1.165) is 35.2 Å². The van der Waals surface area contributed by atoms with Crippen LogP contribution in [0.15, 0.2) is 76.5 Å². The van der Waals surface area contributed by atoms with Crippen LogP contribution in [0, 0.1) is 0 Å². The molecule has 0 unspecified atom stereocenters. The van der Waals surface area contributed by atoms with E-state index >= 15 is 0 Å². The molecule has 0 spiro atoms. The summed E-state index contributed by atoms with van der Waals surface area (Å²) in [6.07, 6.45) is 0. The standard InChI is InChI=1S/C23H15NO8S/c1-32-23(29)14-3-2-4-15(11-14)24-20(25)18-10-9-17(12-19(18)21(24)26)33(30,31)16-7-5-13(6-8-16)22(27)28/h2-12H,1H3,(H,27,28). The van der Waals surface area contributed by atoms with E-state index in [1.165, 1.54) is 43.5 Å². The number of imide groups is 1. The van der Waals surface area contributed by atoms with Gasteiger partial charge in [-0.25, -0.2) is 22.9 Å². The molecule has 0 aromatic heterocycles. The number of amides is 2. The Labute approximate surface area is 187 Å². The highest BCUT2D eigenvalue weighted by Gasteiger charge is 2.38. The molecule has 1 heterocycles. The molecule has 3 aromatic rings. The number of aromatic carboxylic acids is 1. The first-order chi connectivity index (χ1) is 15.6. The van der Waals surface area contributed by atoms with Crippen molar-refractivity contribution in [2.75, 3.05) is 12.0 Å². The van der Waals surface area contributed by atoms with Gasteiger partial charge in [0.05, 0.1) is 44.8 Å². The van der Waals surface area contributed by atoms with E-state index in [-0.39, 0.29) is 37.7 Å². The van der Waals surface area contributed by atoms with Gasteiger partial charge in [-0.1, -0.05) is 6.07 Å². The number of hydrogen-bond acceptors (Lipinski definition) is 7. The van der Waals surface area contributed by atoms with Crippen LogP contribution in [0.5, 0.6) is 0 Å². The molecule has 0 atom stereocenters. The molecule has 0 saturated heterocycles. The molecular weight excluding hydrogens is 450 g/mol. The number of rotatable bonds is 5. The van der Waals surface area contributed by atoms with E-state index in [0.29, 0.717) is 0 Å². The van der Waals surface area contributed by atoms with Gasteiger partial charge in [0.2, 0.25) is 9.84 Å². The summed E-state index contributed by atoms with van der Waals surface area (Å²) in [5.41, 5.74) is 0.112. The van der Waals surface area contributed by atoms with Crippen LogP contribution < -0.4 is 4.90 Å². The average Bonchev–Trinajstić information content (AvgIpc) is 3.08. The zero-order chi connectivity index (χ0) is 23.9. The van der Waals surface area contributed by atoms with Gasteiger partial charge in [-0.05, 0) is 60.7 Å². The molecule has 0 bridgehead atoms. The van der Waals surface area contributed by atoms with Crippen LogP contribution in [0.25, 0.3) is 0 Å². The molecule has 4 rings (SSSR count).